The number of hydroxylamine groups is 2. The summed E-state index contributed by atoms with van der Waals surface area (Å²) < 4.78 is 0. The Morgan fingerprint density at radius 3 is 2.00 bits per heavy atom. The van der Waals surface area contributed by atoms with E-state index in [0.29, 0.717) is 13.1 Å². The van der Waals surface area contributed by atoms with E-state index in [-0.39, 0.29) is 22.9 Å². The monoisotopic (exact) mass is 313 g/mol. The molecule has 0 aromatic heterocycles. The molecule has 0 aliphatic carbocycles. The molecular weight excluding hydrogens is 278 g/mol. The lowest BCUT2D eigenvalue weighted by atomic mass is 9.92. The first-order chi connectivity index (χ1) is 9.93. The van der Waals surface area contributed by atoms with E-state index in [0.717, 1.165) is 25.9 Å². The molecule has 0 spiro atoms. The molecule has 0 saturated carbocycles. The van der Waals surface area contributed by atoms with Crippen molar-refractivity contribution in [1.82, 2.24) is 14.9 Å². The van der Waals surface area contributed by atoms with Crippen LogP contribution in [0.1, 0.15) is 54.4 Å². The Kier molecular flexibility index (Phi) is 6.42. The zero-order valence-electron chi connectivity index (χ0n) is 15.5. The van der Waals surface area contributed by atoms with E-state index in [1.165, 1.54) is 5.06 Å². The molecule has 0 unspecified atom stereocenters. The molecule has 0 aromatic carbocycles. The molecule has 130 valence electrons. The largest absolute Gasteiger partial charge is 0.338 e. The molecule has 1 heterocycles. The van der Waals surface area contributed by atoms with Crippen LogP contribution >= 0.6 is 0 Å². The van der Waals surface area contributed by atoms with Crippen LogP contribution in [-0.4, -0.2) is 70.8 Å². The summed E-state index contributed by atoms with van der Waals surface area (Å²) in [6.07, 6.45) is 1.69. The molecular formula is C17H35N3O2. The molecule has 5 nitrogen and oxygen atoms in total. The van der Waals surface area contributed by atoms with Crippen LogP contribution in [0.25, 0.3) is 0 Å². The third-order valence-corrected chi connectivity index (χ3v) is 4.61. The predicted octanol–water partition coefficient (Wildman–Crippen LogP) is 2.45. The fraction of sp³-hybridized carbons (Fsp3) is 0.941. The Labute approximate surface area is 136 Å². The molecule has 1 fully saturated rings. The molecule has 1 aliphatic heterocycles. The Hall–Kier alpha value is -0.650. The van der Waals surface area contributed by atoms with Gasteiger partial charge in [0.2, 0.25) is 5.91 Å². The first-order valence-electron chi connectivity index (χ1n) is 8.39. The smallest absolute Gasteiger partial charge is 0.228 e. The standard InChI is InChI=1S/C17H35N3O2/c1-16(2,3)15(21)20(13-12-18(7)17(4,5)6)14-8-10-19(22)11-9-14/h14,22H,8-13H2,1-7H3. The van der Waals surface area contributed by atoms with Crippen molar-refractivity contribution in [3.63, 3.8) is 0 Å². The van der Waals surface area contributed by atoms with E-state index in [2.05, 4.69) is 37.6 Å². The van der Waals surface area contributed by atoms with Gasteiger partial charge in [0, 0.05) is 43.2 Å². The lowest BCUT2D eigenvalue weighted by Gasteiger charge is -2.41. The van der Waals surface area contributed by atoms with Crippen LogP contribution in [0.5, 0.6) is 0 Å². The van der Waals surface area contributed by atoms with Gasteiger partial charge in [-0.2, -0.15) is 5.06 Å². The summed E-state index contributed by atoms with van der Waals surface area (Å²) in [4.78, 5) is 17.2. The third kappa shape index (κ3) is 5.52. The van der Waals surface area contributed by atoms with Crippen LogP contribution in [0.2, 0.25) is 0 Å². The first kappa shape index (κ1) is 19.4. The zero-order chi connectivity index (χ0) is 17.1. The second-order valence-corrected chi connectivity index (χ2v) is 8.53. The number of nitrogens with zero attached hydrogens (tertiary/aromatic N) is 3. The van der Waals surface area contributed by atoms with Gasteiger partial charge in [0.05, 0.1) is 0 Å². The highest BCUT2D eigenvalue weighted by Crippen LogP contribution is 2.24. The third-order valence-electron chi connectivity index (χ3n) is 4.61. The molecule has 1 aliphatic rings. The van der Waals surface area contributed by atoms with Gasteiger partial charge in [-0.1, -0.05) is 20.8 Å². The molecule has 1 amide bonds. The van der Waals surface area contributed by atoms with E-state index >= 15 is 0 Å². The number of likely N-dealkylation sites (N-methyl/N-ethyl adjacent to an activating group) is 1. The minimum absolute atomic E-state index is 0.102. The Morgan fingerprint density at radius 1 is 1.09 bits per heavy atom. The average molecular weight is 313 g/mol. The van der Waals surface area contributed by atoms with Crippen LogP contribution in [0.15, 0.2) is 0 Å². The maximum Gasteiger partial charge on any atom is 0.228 e. The highest BCUT2D eigenvalue weighted by atomic mass is 16.5. The summed E-state index contributed by atoms with van der Waals surface area (Å²) in [7, 11) is 2.11. The summed E-state index contributed by atoms with van der Waals surface area (Å²) >= 11 is 0. The fourth-order valence-electron chi connectivity index (χ4n) is 2.64. The van der Waals surface area contributed by atoms with Gasteiger partial charge in [-0.3, -0.25) is 9.69 Å². The summed E-state index contributed by atoms with van der Waals surface area (Å²) in [6.45, 7) is 15.4. The maximum absolute atomic E-state index is 12.8. The lowest BCUT2D eigenvalue weighted by Crippen LogP contribution is -2.53. The van der Waals surface area contributed by atoms with Crippen molar-refractivity contribution in [1.29, 1.82) is 0 Å². The number of rotatable bonds is 4. The molecule has 5 heteroatoms. The van der Waals surface area contributed by atoms with Crippen molar-refractivity contribution >= 4 is 5.91 Å². The first-order valence-corrected chi connectivity index (χ1v) is 8.39. The molecule has 0 bridgehead atoms. The molecule has 0 radical (unpaired) electrons. The molecule has 22 heavy (non-hydrogen) atoms. The number of piperidine rings is 1. The van der Waals surface area contributed by atoms with Crippen LogP contribution in [0, 0.1) is 5.41 Å². The van der Waals surface area contributed by atoms with E-state index in [4.69, 9.17) is 0 Å². The van der Waals surface area contributed by atoms with E-state index < -0.39 is 0 Å². The van der Waals surface area contributed by atoms with Crippen molar-refractivity contribution in [2.75, 3.05) is 33.2 Å². The number of carbonyl (C=O) groups is 1. The van der Waals surface area contributed by atoms with E-state index in [9.17, 15) is 10.0 Å². The quantitative estimate of drug-likeness (QED) is 0.866. The fourth-order valence-corrected chi connectivity index (χ4v) is 2.64. The van der Waals surface area contributed by atoms with Crippen LogP contribution in [-0.2, 0) is 4.79 Å². The molecule has 0 atom stereocenters. The van der Waals surface area contributed by atoms with Gasteiger partial charge < -0.3 is 10.1 Å². The molecule has 1 rings (SSSR count). The number of amides is 1. The summed E-state index contributed by atoms with van der Waals surface area (Å²) in [5.74, 6) is 0.214. The van der Waals surface area contributed by atoms with E-state index in [1.54, 1.807) is 0 Å². The van der Waals surface area contributed by atoms with Gasteiger partial charge >= 0.3 is 0 Å². The second kappa shape index (κ2) is 7.28. The second-order valence-electron chi connectivity index (χ2n) is 8.53. The SMILES string of the molecule is CN(CCN(C(=O)C(C)(C)C)C1CCN(O)CC1)C(C)(C)C. The minimum atomic E-state index is -0.364. The van der Waals surface area contributed by atoms with Gasteiger partial charge in [-0.15, -0.1) is 0 Å². The molecule has 1 saturated heterocycles. The van der Waals surface area contributed by atoms with Gasteiger partial charge in [-0.25, -0.2) is 0 Å². The minimum Gasteiger partial charge on any atom is -0.338 e. The summed E-state index contributed by atoms with van der Waals surface area (Å²) in [6, 6.07) is 0.239. The van der Waals surface area contributed by atoms with Crippen LogP contribution < -0.4 is 0 Å². The van der Waals surface area contributed by atoms with Crippen LogP contribution in [0.4, 0.5) is 0 Å². The van der Waals surface area contributed by atoms with Gasteiger partial charge in [0.25, 0.3) is 0 Å². The average Bonchev–Trinajstić information content (AvgIpc) is 2.38. The van der Waals surface area contributed by atoms with Crippen LogP contribution in [0.3, 0.4) is 0 Å². The lowest BCUT2D eigenvalue weighted by molar-refractivity contribution is -0.149. The highest BCUT2D eigenvalue weighted by molar-refractivity contribution is 5.81. The predicted molar refractivity (Wildman–Crippen MR) is 89.9 cm³/mol. The Balaban J connectivity index is 2.77. The Morgan fingerprint density at radius 2 is 1.59 bits per heavy atom. The number of hydrogen-bond donors (Lipinski definition) is 1. The van der Waals surface area contributed by atoms with E-state index in [1.807, 2.05) is 20.8 Å². The van der Waals surface area contributed by atoms with Gasteiger partial charge in [0.15, 0.2) is 0 Å². The number of carbonyl (C=O) groups excluding carboxylic acids is 1. The molecule has 1 N–H and O–H groups in total. The Bertz CT molecular complexity index is 363. The van der Waals surface area contributed by atoms with Crippen molar-refractivity contribution in [3.05, 3.63) is 0 Å². The van der Waals surface area contributed by atoms with Crippen molar-refractivity contribution in [2.45, 2.75) is 66.0 Å². The normalized spacial score (nSPS) is 18.8. The molecule has 0 aromatic rings. The zero-order valence-corrected chi connectivity index (χ0v) is 15.5. The summed E-state index contributed by atoms with van der Waals surface area (Å²) in [5, 5.41) is 10.9. The van der Waals surface area contributed by atoms with Gasteiger partial charge in [-0.05, 0) is 40.7 Å². The van der Waals surface area contributed by atoms with Crippen molar-refractivity contribution in [3.8, 4) is 0 Å². The van der Waals surface area contributed by atoms with Gasteiger partial charge in [0.1, 0.15) is 0 Å². The van der Waals surface area contributed by atoms with Crippen molar-refractivity contribution < 1.29 is 10.0 Å². The van der Waals surface area contributed by atoms with Crippen molar-refractivity contribution in [2.24, 2.45) is 5.41 Å². The topological polar surface area (TPSA) is 47.0 Å². The maximum atomic E-state index is 12.8. The summed E-state index contributed by atoms with van der Waals surface area (Å²) in [5.41, 5.74) is -0.262. The highest BCUT2D eigenvalue weighted by Gasteiger charge is 2.34. The number of hydrogen-bond acceptors (Lipinski definition) is 4.